The fraction of sp³-hybridized carbons (Fsp3) is 0.167. The molecule has 0 saturated heterocycles. The van der Waals surface area contributed by atoms with E-state index in [1.54, 1.807) is 0 Å². The first kappa shape index (κ1) is 16.4. The van der Waals surface area contributed by atoms with Gasteiger partial charge in [0.25, 0.3) is 0 Å². The zero-order valence-electron chi connectivity index (χ0n) is 7.58. The smallest absolute Gasteiger partial charge is 0.485 e. The summed E-state index contributed by atoms with van der Waals surface area (Å²) in [6.45, 7) is 0. The molecule has 1 rings (SSSR count). The van der Waals surface area contributed by atoms with Crippen molar-refractivity contribution in [3.8, 4) is 0 Å². The van der Waals surface area contributed by atoms with Crippen molar-refractivity contribution in [3.63, 3.8) is 0 Å². The van der Waals surface area contributed by atoms with Gasteiger partial charge in [-0.1, -0.05) is 11.6 Å². The predicted molar refractivity (Wildman–Crippen MR) is 48.9 cm³/mol. The largest absolute Gasteiger partial charge is 0.741 e. The first-order chi connectivity index (χ1) is 7.47. The van der Waals surface area contributed by atoms with Gasteiger partial charge < -0.3 is 4.55 Å². The van der Waals surface area contributed by atoms with Gasteiger partial charge in [0.1, 0.15) is 5.02 Å². The molecule has 0 N–H and O–H groups in total. The van der Waals surface area contributed by atoms with E-state index in [0.717, 1.165) is 0 Å². The number of alkyl halides is 3. The maximum Gasteiger partial charge on any atom is 0.485 e. The average Bonchev–Trinajstić information content (AvgIpc) is 2.12. The maximum atomic E-state index is 12.3. The molecule has 0 radical (unpaired) electrons. The number of rotatable bonds is 0. The van der Waals surface area contributed by atoms with Gasteiger partial charge in [-0.2, -0.15) is 13.2 Å². The normalized spacial score (nSPS) is 11.7. The molecule has 0 bridgehead atoms. The van der Waals surface area contributed by atoms with Gasteiger partial charge in [-0.25, -0.2) is 8.42 Å². The second-order valence-corrected chi connectivity index (χ2v) is 4.49. The Hall–Kier alpha value is -0.640. The van der Waals surface area contributed by atoms with Crippen LogP contribution in [0.3, 0.4) is 0 Å². The highest BCUT2D eigenvalue weighted by atomic mass is 35.5. The molecule has 11 heteroatoms. The molecule has 1 aromatic heterocycles. The molecule has 0 aliphatic rings. The van der Waals surface area contributed by atoms with Crippen molar-refractivity contribution in [3.05, 3.63) is 28.5 Å². The molecule has 0 spiro atoms. The molecule has 17 heavy (non-hydrogen) atoms. The van der Waals surface area contributed by atoms with Crippen molar-refractivity contribution in [1.82, 2.24) is 0 Å². The van der Waals surface area contributed by atoms with Crippen LogP contribution in [0.25, 0.3) is 0 Å². The Morgan fingerprint density at radius 3 is 1.94 bits per heavy atom. The number of pyridine rings is 1. The topological polar surface area (TPSA) is 61.1 Å². The van der Waals surface area contributed by atoms with E-state index in [2.05, 4.69) is 0 Å². The molecule has 0 aliphatic heterocycles. The van der Waals surface area contributed by atoms with Gasteiger partial charge in [-0.15, -0.1) is 0 Å². The van der Waals surface area contributed by atoms with E-state index >= 15 is 0 Å². The first-order valence-electron chi connectivity index (χ1n) is 3.51. The molecule has 1 heterocycles. The summed E-state index contributed by atoms with van der Waals surface area (Å²) in [6.07, 6.45) is 1.17. The summed E-state index contributed by atoms with van der Waals surface area (Å²) >= 11 is 10.8. The highest BCUT2D eigenvalue weighted by molar-refractivity contribution is 7.86. The minimum atomic E-state index is -6.09. The molecule has 0 atom stereocenters. The van der Waals surface area contributed by atoms with Crippen LogP contribution >= 0.6 is 23.2 Å². The van der Waals surface area contributed by atoms with Crippen molar-refractivity contribution in [1.29, 1.82) is 0 Å². The van der Waals surface area contributed by atoms with Gasteiger partial charge in [-0.3, -0.25) is 0 Å². The molecule has 4 nitrogen and oxygen atoms in total. The molecule has 0 aliphatic carbocycles. The molecular weight excluding hydrogens is 313 g/mol. The molecule has 0 fully saturated rings. The van der Waals surface area contributed by atoms with E-state index in [4.69, 9.17) is 36.2 Å². The Morgan fingerprint density at radius 2 is 1.71 bits per heavy atom. The van der Waals surface area contributed by atoms with Crippen LogP contribution in [0.5, 0.6) is 0 Å². The lowest BCUT2D eigenvalue weighted by molar-refractivity contribution is -0.841. The van der Waals surface area contributed by atoms with E-state index < -0.39 is 15.6 Å². The van der Waals surface area contributed by atoms with E-state index in [1.165, 1.54) is 18.3 Å². The van der Waals surface area contributed by atoms with E-state index in [0.29, 0.717) is 0 Å². The maximum absolute atomic E-state index is 12.3. The number of nitrogens with zero attached hydrogens (tertiary/aromatic N) is 1. The predicted octanol–water partition coefficient (Wildman–Crippen LogP) is 2.06. The fourth-order valence-corrected chi connectivity index (χ4v) is 0.712. The average molecular weight is 316 g/mol. The van der Waals surface area contributed by atoms with Crippen molar-refractivity contribution < 1.29 is 35.4 Å². The highest BCUT2D eigenvalue weighted by Crippen LogP contribution is 2.20. The van der Waals surface area contributed by atoms with Gasteiger partial charge >= 0.3 is 10.7 Å². The van der Waals surface area contributed by atoms with Crippen LogP contribution in [0.4, 0.5) is 17.7 Å². The quantitative estimate of drug-likeness (QED) is 0.319. The molecular formula is C6H3Cl2F4NO3S. The Balaban J connectivity index is 0.000000304. The van der Waals surface area contributed by atoms with Crippen LogP contribution in [0.15, 0.2) is 18.3 Å². The van der Waals surface area contributed by atoms with Gasteiger partial charge in [0.2, 0.25) is 6.20 Å². The second-order valence-electron chi connectivity index (χ2n) is 2.36. The number of aromatic nitrogens is 1. The Labute approximate surface area is 103 Å². The third-order valence-electron chi connectivity index (χ3n) is 1.13. The Morgan fingerprint density at radius 1 is 1.29 bits per heavy atom. The SMILES string of the molecule is F[n+]1cccc(Cl)c1Cl.O=S(=O)([O-])C(F)(F)F. The van der Waals surface area contributed by atoms with Crippen LogP contribution in [-0.2, 0) is 10.1 Å². The van der Waals surface area contributed by atoms with E-state index in [9.17, 15) is 17.7 Å². The molecule has 0 amide bonds. The minimum Gasteiger partial charge on any atom is -0.741 e. The van der Waals surface area contributed by atoms with Gasteiger partial charge in [0.15, 0.2) is 10.1 Å². The van der Waals surface area contributed by atoms with Crippen LogP contribution in [0.2, 0.25) is 10.2 Å². The van der Waals surface area contributed by atoms with Crippen LogP contribution in [0, 0.1) is 0 Å². The van der Waals surface area contributed by atoms with Crippen LogP contribution < -0.4 is 4.79 Å². The Bertz CT molecular complexity index is 470. The van der Waals surface area contributed by atoms with Gasteiger partial charge in [-0.05, 0) is 17.7 Å². The third-order valence-corrected chi connectivity index (χ3v) is 2.46. The first-order valence-corrected chi connectivity index (χ1v) is 5.67. The second kappa shape index (κ2) is 5.80. The molecule has 0 unspecified atom stereocenters. The Kier molecular flexibility index (Phi) is 5.59. The lowest BCUT2D eigenvalue weighted by Crippen LogP contribution is -2.22. The summed E-state index contributed by atoms with van der Waals surface area (Å²) < 4.78 is 71.2. The standard InChI is InChI=1S/C5H3Cl2FN.CHF3O3S/c6-4-2-1-3-9(8)5(4)7;2-1(3,4)8(5,6)7/h1-3H;(H,5,6,7)/q+1;/p-1. The zero-order chi connectivity index (χ0) is 13.9. The third kappa shape index (κ3) is 5.48. The van der Waals surface area contributed by atoms with Crippen molar-refractivity contribution in [2.24, 2.45) is 0 Å². The fourth-order valence-electron chi connectivity index (χ4n) is 0.439. The summed E-state index contributed by atoms with van der Waals surface area (Å²) in [6, 6.07) is 2.98. The number of hydrogen-bond acceptors (Lipinski definition) is 3. The minimum absolute atomic E-state index is 0.0980. The van der Waals surface area contributed by atoms with E-state index in [-0.39, 0.29) is 15.0 Å². The van der Waals surface area contributed by atoms with Crippen molar-refractivity contribution in [2.45, 2.75) is 5.51 Å². The lowest BCUT2D eigenvalue weighted by atomic mass is 10.5. The summed E-state index contributed by atoms with van der Waals surface area (Å²) in [5.41, 5.74) is -5.65. The molecule has 0 aromatic carbocycles. The zero-order valence-corrected chi connectivity index (χ0v) is 9.91. The molecule has 1 aromatic rings. The van der Waals surface area contributed by atoms with Crippen LogP contribution in [0.1, 0.15) is 0 Å². The number of halogens is 6. The summed E-state index contributed by atoms with van der Waals surface area (Å²) in [4.78, 5) is 0.254. The summed E-state index contributed by atoms with van der Waals surface area (Å²) in [5, 5.41) is 0.112. The highest BCUT2D eigenvalue weighted by Gasteiger charge is 2.36. The van der Waals surface area contributed by atoms with Crippen molar-refractivity contribution in [2.75, 3.05) is 0 Å². The molecule has 0 saturated carbocycles. The van der Waals surface area contributed by atoms with Gasteiger partial charge in [0.05, 0.1) is 4.48 Å². The van der Waals surface area contributed by atoms with Crippen molar-refractivity contribution >= 4 is 33.3 Å². The monoisotopic (exact) mass is 315 g/mol. The van der Waals surface area contributed by atoms with Gasteiger partial charge in [0, 0.05) is 10.9 Å². The van der Waals surface area contributed by atoms with E-state index in [1.807, 2.05) is 0 Å². The lowest BCUT2D eigenvalue weighted by Gasteiger charge is -2.08. The summed E-state index contributed by atoms with van der Waals surface area (Å²) in [5.74, 6) is 0. The number of hydrogen-bond donors (Lipinski definition) is 0. The van der Waals surface area contributed by atoms with Crippen LogP contribution in [-0.4, -0.2) is 18.5 Å². The molecule has 98 valence electrons. The summed E-state index contributed by atoms with van der Waals surface area (Å²) in [7, 11) is -6.09.